The fourth-order valence-electron chi connectivity index (χ4n) is 1.43. The molecule has 108 valence electrons. The number of likely N-dealkylation sites (N-methyl/N-ethyl adjacent to an activating group) is 1. The van der Waals surface area contributed by atoms with Gasteiger partial charge >= 0.3 is 0 Å². The molecule has 0 saturated heterocycles. The van der Waals surface area contributed by atoms with Crippen LogP contribution in [0.15, 0.2) is 18.2 Å². The highest BCUT2D eigenvalue weighted by molar-refractivity contribution is 5.85. The molecule has 0 aliphatic rings. The Morgan fingerprint density at radius 1 is 1.37 bits per heavy atom. The average Bonchev–Trinajstić information content (AvgIpc) is 2.36. The Balaban J connectivity index is 0.00000324. The highest BCUT2D eigenvalue weighted by Gasteiger charge is 2.06. The molecule has 1 atom stereocenters. The molecule has 0 aromatic heterocycles. The van der Waals surface area contributed by atoms with Crippen molar-refractivity contribution in [3.63, 3.8) is 0 Å². The zero-order valence-corrected chi connectivity index (χ0v) is 12.8. The molecule has 1 rings (SSSR count). The highest BCUT2D eigenvalue weighted by Crippen LogP contribution is 2.18. The molecule has 0 aliphatic carbocycles. The lowest BCUT2D eigenvalue weighted by Gasteiger charge is -2.13. The van der Waals surface area contributed by atoms with E-state index in [9.17, 15) is 4.79 Å². The van der Waals surface area contributed by atoms with Crippen LogP contribution >= 0.6 is 12.4 Å². The van der Waals surface area contributed by atoms with Crippen LogP contribution < -0.4 is 15.4 Å². The second-order valence-electron chi connectivity index (χ2n) is 4.55. The summed E-state index contributed by atoms with van der Waals surface area (Å²) in [5.74, 6) is 0.671. The number of amides is 1. The third-order valence-corrected chi connectivity index (χ3v) is 2.80. The van der Waals surface area contributed by atoms with Crippen LogP contribution in [-0.2, 0) is 4.79 Å². The molecule has 1 aromatic rings. The van der Waals surface area contributed by atoms with Crippen molar-refractivity contribution in [3.05, 3.63) is 29.3 Å². The first-order chi connectivity index (χ1) is 8.52. The molecule has 0 aliphatic heterocycles. The number of halogens is 1. The van der Waals surface area contributed by atoms with Gasteiger partial charge in [-0.05, 0) is 45.0 Å². The maximum Gasteiger partial charge on any atom is 0.257 e. The van der Waals surface area contributed by atoms with E-state index < -0.39 is 0 Å². The fourth-order valence-corrected chi connectivity index (χ4v) is 1.43. The molecular weight excluding hydrogens is 264 g/mol. The average molecular weight is 287 g/mol. The van der Waals surface area contributed by atoms with E-state index in [2.05, 4.69) is 10.6 Å². The lowest BCUT2D eigenvalue weighted by Crippen LogP contribution is -2.39. The predicted molar refractivity (Wildman–Crippen MR) is 80.2 cm³/mol. The lowest BCUT2D eigenvalue weighted by molar-refractivity contribution is -0.123. The van der Waals surface area contributed by atoms with Crippen LogP contribution in [0.2, 0.25) is 0 Å². The van der Waals surface area contributed by atoms with Crippen molar-refractivity contribution < 1.29 is 9.53 Å². The van der Waals surface area contributed by atoms with Gasteiger partial charge in [-0.3, -0.25) is 4.79 Å². The third kappa shape index (κ3) is 6.45. The van der Waals surface area contributed by atoms with Gasteiger partial charge in [-0.2, -0.15) is 0 Å². The van der Waals surface area contributed by atoms with Gasteiger partial charge in [-0.25, -0.2) is 0 Å². The molecule has 4 nitrogen and oxygen atoms in total. The minimum absolute atomic E-state index is 0. The SMILES string of the molecule is CNC(C)CNC(=O)COc1cc(C)ccc1C.Cl. The summed E-state index contributed by atoms with van der Waals surface area (Å²) in [6, 6.07) is 6.22. The van der Waals surface area contributed by atoms with Crippen LogP contribution in [0.5, 0.6) is 5.75 Å². The minimum Gasteiger partial charge on any atom is -0.483 e. The van der Waals surface area contributed by atoms with E-state index in [0.717, 1.165) is 16.9 Å². The van der Waals surface area contributed by atoms with Gasteiger partial charge in [0.1, 0.15) is 5.75 Å². The molecule has 5 heteroatoms. The van der Waals surface area contributed by atoms with Crippen molar-refractivity contribution in [3.8, 4) is 5.75 Å². The van der Waals surface area contributed by atoms with E-state index in [4.69, 9.17) is 4.74 Å². The number of carbonyl (C=O) groups excluding carboxylic acids is 1. The molecule has 19 heavy (non-hydrogen) atoms. The molecule has 0 fully saturated rings. The monoisotopic (exact) mass is 286 g/mol. The topological polar surface area (TPSA) is 50.4 Å². The number of carbonyl (C=O) groups is 1. The summed E-state index contributed by atoms with van der Waals surface area (Å²) in [4.78, 5) is 11.6. The molecule has 1 aromatic carbocycles. The van der Waals surface area contributed by atoms with E-state index >= 15 is 0 Å². The number of ether oxygens (including phenoxy) is 1. The summed E-state index contributed by atoms with van der Waals surface area (Å²) < 4.78 is 5.51. The molecule has 0 spiro atoms. The van der Waals surface area contributed by atoms with E-state index in [1.165, 1.54) is 0 Å². The molecule has 0 heterocycles. The second kappa shape index (κ2) is 8.77. The predicted octanol–water partition coefficient (Wildman–Crippen LogP) is 1.83. The zero-order valence-electron chi connectivity index (χ0n) is 11.9. The van der Waals surface area contributed by atoms with E-state index in [1.807, 2.05) is 46.0 Å². The Kier molecular flexibility index (Phi) is 8.19. The molecule has 0 radical (unpaired) electrons. The van der Waals surface area contributed by atoms with E-state index in [1.54, 1.807) is 0 Å². The van der Waals surface area contributed by atoms with Gasteiger partial charge in [0, 0.05) is 12.6 Å². The summed E-state index contributed by atoms with van der Waals surface area (Å²) in [6.45, 7) is 6.63. The highest BCUT2D eigenvalue weighted by atomic mass is 35.5. The van der Waals surface area contributed by atoms with Crippen LogP contribution in [0.25, 0.3) is 0 Å². The summed E-state index contributed by atoms with van der Waals surface area (Å²) in [6.07, 6.45) is 0. The summed E-state index contributed by atoms with van der Waals surface area (Å²) in [5, 5.41) is 5.87. The lowest BCUT2D eigenvalue weighted by atomic mass is 10.1. The Bertz CT molecular complexity index is 410. The Morgan fingerprint density at radius 2 is 2.05 bits per heavy atom. The number of aryl methyl sites for hydroxylation is 2. The summed E-state index contributed by atoms with van der Waals surface area (Å²) in [5.41, 5.74) is 2.16. The van der Waals surface area contributed by atoms with Crippen LogP contribution in [0.4, 0.5) is 0 Å². The largest absolute Gasteiger partial charge is 0.483 e. The second-order valence-corrected chi connectivity index (χ2v) is 4.55. The standard InChI is InChI=1S/C14H22N2O2.ClH/c1-10-5-6-11(2)13(7-10)18-9-14(17)16-8-12(3)15-4;/h5-7,12,15H,8-9H2,1-4H3,(H,16,17);1H. The summed E-state index contributed by atoms with van der Waals surface area (Å²) >= 11 is 0. The summed E-state index contributed by atoms with van der Waals surface area (Å²) in [7, 11) is 1.86. The zero-order chi connectivity index (χ0) is 13.5. The van der Waals surface area contributed by atoms with Gasteiger partial charge in [0.25, 0.3) is 5.91 Å². The number of benzene rings is 1. The smallest absolute Gasteiger partial charge is 0.257 e. The maximum atomic E-state index is 11.6. The van der Waals surface area contributed by atoms with Crippen LogP contribution in [0.3, 0.4) is 0 Å². The van der Waals surface area contributed by atoms with Gasteiger partial charge in [-0.15, -0.1) is 12.4 Å². The first-order valence-electron chi connectivity index (χ1n) is 6.17. The maximum absolute atomic E-state index is 11.6. The van der Waals surface area contributed by atoms with Crippen molar-refractivity contribution in [1.29, 1.82) is 0 Å². The van der Waals surface area contributed by atoms with Gasteiger partial charge in [0.2, 0.25) is 0 Å². The third-order valence-electron chi connectivity index (χ3n) is 2.80. The Morgan fingerprint density at radius 3 is 2.68 bits per heavy atom. The van der Waals surface area contributed by atoms with Gasteiger partial charge < -0.3 is 15.4 Å². The minimum atomic E-state index is -0.0991. The quantitative estimate of drug-likeness (QED) is 0.839. The molecule has 1 unspecified atom stereocenters. The van der Waals surface area contributed by atoms with Crippen molar-refractivity contribution >= 4 is 18.3 Å². The van der Waals surface area contributed by atoms with E-state index in [-0.39, 0.29) is 31.0 Å². The number of hydrogen-bond acceptors (Lipinski definition) is 3. The molecule has 0 bridgehead atoms. The molecule has 2 N–H and O–H groups in total. The van der Waals surface area contributed by atoms with Crippen molar-refractivity contribution in [1.82, 2.24) is 10.6 Å². The Hall–Kier alpha value is -1.26. The van der Waals surface area contributed by atoms with Gasteiger partial charge in [0.15, 0.2) is 6.61 Å². The van der Waals surface area contributed by atoms with Crippen LogP contribution in [0, 0.1) is 13.8 Å². The fraction of sp³-hybridized carbons (Fsp3) is 0.500. The molecule has 0 saturated carbocycles. The van der Waals surface area contributed by atoms with Crippen molar-refractivity contribution in [2.75, 3.05) is 20.2 Å². The normalized spacial score (nSPS) is 11.4. The molecule has 1 amide bonds. The first kappa shape index (κ1) is 17.7. The number of nitrogens with one attached hydrogen (secondary N) is 2. The van der Waals surface area contributed by atoms with Crippen molar-refractivity contribution in [2.45, 2.75) is 26.8 Å². The van der Waals surface area contributed by atoms with E-state index in [0.29, 0.717) is 6.54 Å². The van der Waals surface area contributed by atoms with Gasteiger partial charge in [-0.1, -0.05) is 12.1 Å². The number of rotatable bonds is 6. The van der Waals surface area contributed by atoms with Crippen LogP contribution in [0.1, 0.15) is 18.1 Å². The van der Waals surface area contributed by atoms with Gasteiger partial charge in [0.05, 0.1) is 0 Å². The molecular formula is C14H23ClN2O2. The van der Waals surface area contributed by atoms with Crippen molar-refractivity contribution in [2.24, 2.45) is 0 Å². The first-order valence-corrected chi connectivity index (χ1v) is 6.17. The van der Waals surface area contributed by atoms with Crippen LogP contribution in [-0.4, -0.2) is 32.1 Å². The number of hydrogen-bond donors (Lipinski definition) is 2. The Labute approximate surface area is 121 Å².